The van der Waals surface area contributed by atoms with Crippen molar-refractivity contribution >= 4 is 13.3 Å². The standard InChI is InChI=1S/C15H21O5P/c1-12(14(16)17)10-15(8-5-9-20-15)21(18,19)11-13-6-3-2-4-7-13/h2-4,6-7,12H,5,8-11H2,1H3,(H,16,17)(H,18,19). The second kappa shape index (κ2) is 6.30. The molecule has 0 saturated carbocycles. The highest BCUT2D eigenvalue weighted by atomic mass is 31.2. The van der Waals surface area contributed by atoms with Gasteiger partial charge in [-0.05, 0) is 24.8 Å². The van der Waals surface area contributed by atoms with E-state index < -0.39 is 24.6 Å². The maximum absolute atomic E-state index is 12.9. The van der Waals surface area contributed by atoms with Gasteiger partial charge in [0, 0.05) is 6.61 Å². The first kappa shape index (κ1) is 16.2. The van der Waals surface area contributed by atoms with Gasteiger partial charge in [-0.2, -0.15) is 0 Å². The van der Waals surface area contributed by atoms with E-state index in [0.29, 0.717) is 19.4 Å². The van der Waals surface area contributed by atoms with Gasteiger partial charge in [-0.25, -0.2) is 0 Å². The lowest BCUT2D eigenvalue weighted by Crippen LogP contribution is -2.33. The van der Waals surface area contributed by atoms with Crippen LogP contribution in [0.1, 0.15) is 31.7 Å². The predicted octanol–water partition coefficient (Wildman–Crippen LogP) is 3.07. The Bertz CT molecular complexity index is 536. The van der Waals surface area contributed by atoms with Crippen molar-refractivity contribution in [3.05, 3.63) is 35.9 Å². The lowest BCUT2D eigenvalue weighted by atomic mass is 10.0. The van der Waals surface area contributed by atoms with E-state index in [9.17, 15) is 14.3 Å². The second-order valence-corrected chi connectivity index (χ2v) is 8.22. The van der Waals surface area contributed by atoms with Gasteiger partial charge >= 0.3 is 5.97 Å². The summed E-state index contributed by atoms with van der Waals surface area (Å²) >= 11 is 0. The summed E-state index contributed by atoms with van der Waals surface area (Å²) in [5.74, 6) is -1.68. The summed E-state index contributed by atoms with van der Waals surface area (Å²) in [6.45, 7) is 1.96. The highest BCUT2D eigenvalue weighted by molar-refractivity contribution is 7.58. The maximum Gasteiger partial charge on any atom is 0.306 e. The van der Waals surface area contributed by atoms with Crippen LogP contribution in [0.4, 0.5) is 0 Å². The van der Waals surface area contributed by atoms with E-state index in [2.05, 4.69) is 0 Å². The van der Waals surface area contributed by atoms with Crippen molar-refractivity contribution < 1.29 is 24.1 Å². The first-order valence-corrected chi connectivity index (χ1v) is 8.93. The van der Waals surface area contributed by atoms with Crippen molar-refractivity contribution in [3.8, 4) is 0 Å². The zero-order valence-electron chi connectivity index (χ0n) is 12.1. The van der Waals surface area contributed by atoms with Gasteiger partial charge in [0.05, 0.1) is 12.1 Å². The lowest BCUT2D eigenvalue weighted by Gasteiger charge is -2.34. The first-order chi connectivity index (χ1) is 9.86. The van der Waals surface area contributed by atoms with Crippen LogP contribution >= 0.6 is 7.37 Å². The molecule has 2 N–H and O–H groups in total. The minimum atomic E-state index is -3.67. The third-order valence-electron chi connectivity index (χ3n) is 4.01. The highest BCUT2D eigenvalue weighted by Crippen LogP contribution is 2.63. The SMILES string of the molecule is CC(CC1(P(=O)(O)Cc2ccccc2)CCCO1)C(=O)O. The molecule has 1 fully saturated rings. The summed E-state index contributed by atoms with van der Waals surface area (Å²) in [5.41, 5.74) is 0.765. The van der Waals surface area contributed by atoms with Gasteiger partial charge < -0.3 is 14.7 Å². The van der Waals surface area contributed by atoms with Crippen LogP contribution in [0.15, 0.2) is 30.3 Å². The zero-order valence-corrected chi connectivity index (χ0v) is 13.0. The Balaban J connectivity index is 2.24. The molecular weight excluding hydrogens is 291 g/mol. The van der Waals surface area contributed by atoms with Crippen LogP contribution in [0, 0.1) is 5.92 Å². The molecule has 3 unspecified atom stereocenters. The number of carbonyl (C=O) groups is 1. The summed E-state index contributed by atoms with van der Waals surface area (Å²) < 4.78 is 18.5. The predicted molar refractivity (Wildman–Crippen MR) is 79.3 cm³/mol. The molecule has 1 aromatic carbocycles. The van der Waals surface area contributed by atoms with Crippen molar-refractivity contribution in [2.24, 2.45) is 5.92 Å². The van der Waals surface area contributed by atoms with Gasteiger partial charge in [-0.1, -0.05) is 37.3 Å². The van der Waals surface area contributed by atoms with E-state index in [0.717, 1.165) is 5.56 Å². The number of aliphatic carboxylic acids is 1. The average Bonchev–Trinajstić information content (AvgIpc) is 2.89. The van der Waals surface area contributed by atoms with Gasteiger partial charge in [0.1, 0.15) is 5.34 Å². The molecule has 21 heavy (non-hydrogen) atoms. The van der Waals surface area contributed by atoms with Gasteiger partial charge in [0.15, 0.2) is 0 Å². The topological polar surface area (TPSA) is 83.8 Å². The molecule has 0 spiro atoms. The third kappa shape index (κ3) is 3.54. The maximum atomic E-state index is 12.9. The lowest BCUT2D eigenvalue weighted by molar-refractivity contribution is -0.142. The molecule has 1 heterocycles. The fraction of sp³-hybridized carbons (Fsp3) is 0.533. The molecule has 1 aromatic rings. The number of carboxylic acids is 1. The quantitative estimate of drug-likeness (QED) is 0.789. The molecule has 116 valence electrons. The van der Waals surface area contributed by atoms with E-state index in [-0.39, 0.29) is 12.6 Å². The van der Waals surface area contributed by atoms with Crippen molar-refractivity contribution in [1.29, 1.82) is 0 Å². The monoisotopic (exact) mass is 312 g/mol. The molecule has 0 bridgehead atoms. The fourth-order valence-electron chi connectivity index (χ4n) is 2.80. The van der Waals surface area contributed by atoms with E-state index in [4.69, 9.17) is 9.84 Å². The van der Waals surface area contributed by atoms with Crippen LogP contribution in [0.5, 0.6) is 0 Å². The molecule has 0 radical (unpaired) electrons. The summed E-state index contributed by atoms with van der Waals surface area (Å²) in [7, 11) is -3.67. The molecule has 0 aliphatic carbocycles. The molecule has 0 aromatic heterocycles. The van der Waals surface area contributed by atoms with Gasteiger partial charge in [0.2, 0.25) is 7.37 Å². The van der Waals surface area contributed by atoms with E-state index in [1.807, 2.05) is 18.2 Å². The minimum absolute atomic E-state index is 0.0141. The van der Waals surface area contributed by atoms with Gasteiger partial charge in [-0.15, -0.1) is 0 Å². The van der Waals surface area contributed by atoms with E-state index in [1.54, 1.807) is 19.1 Å². The molecular formula is C15H21O5P. The Kier molecular flexibility index (Phi) is 4.87. The van der Waals surface area contributed by atoms with Crippen molar-refractivity contribution in [2.45, 2.75) is 37.7 Å². The normalized spacial score (nSPS) is 26.2. The molecule has 1 aliphatic heterocycles. The zero-order chi connectivity index (χ0) is 15.5. The molecule has 0 amide bonds. The Morgan fingerprint density at radius 3 is 2.62 bits per heavy atom. The molecule has 3 atom stereocenters. The third-order valence-corrected chi connectivity index (χ3v) is 6.61. The van der Waals surface area contributed by atoms with Gasteiger partial charge in [0.25, 0.3) is 0 Å². The molecule has 1 aliphatic rings. The van der Waals surface area contributed by atoms with Crippen LogP contribution in [0.2, 0.25) is 0 Å². The Labute approximate surface area is 124 Å². The molecule has 1 saturated heterocycles. The second-order valence-electron chi connectivity index (χ2n) is 5.69. The molecule has 2 rings (SSSR count). The highest BCUT2D eigenvalue weighted by Gasteiger charge is 2.51. The molecule has 6 heteroatoms. The minimum Gasteiger partial charge on any atom is -0.481 e. The van der Waals surface area contributed by atoms with Crippen molar-refractivity contribution in [3.63, 3.8) is 0 Å². The largest absolute Gasteiger partial charge is 0.481 e. The number of hydrogen-bond donors (Lipinski definition) is 2. The number of hydrogen-bond acceptors (Lipinski definition) is 3. The Hall–Kier alpha value is -1.16. The van der Waals surface area contributed by atoms with Gasteiger partial charge in [-0.3, -0.25) is 9.36 Å². The Morgan fingerprint density at radius 2 is 2.10 bits per heavy atom. The summed E-state index contributed by atoms with van der Waals surface area (Å²) in [4.78, 5) is 21.7. The van der Waals surface area contributed by atoms with E-state index >= 15 is 0 Å². The van der Waals surface area contributed by atoms with Crippen LogP contribution in [-0.4, -0.2) is 27.9 Å². The van der Waals surface area contributed by atoms with Crippen LogP contribution in [0.3, 0.4) is 0 Å². The van der Waals surface area contributed by atoms with Crippen molar-refractivity contribution in [2.75, 3.05) is 6.61 Å². The summed E-state index contributed by atoms with van der Waals surface area (Å²) in [6, 6.07) is 9.08. The number of rotatable bonds is 6. The summed E-state index contributed by atoms with van der Waals surface area (Å²) in [6.07, 6.45) is 1.21. The smallest absolute Gasteiger partial charge is 0.306 e. The number of ether oxygens (including phenoxy) is 1. The molecule has 5 nitrogen and oxygen atoms in total. The fourth-order valence-corrected chi connectivity index (χ4v) is 5.16. The van der Waals surface area contributed by atoms with Crippen LogP contribution in [0.25, 0.3) is 0 Å². The van der Waals surface area contributed by atoms with Crippen molar-refractivity contribution in [1.82, 2.24) is 0 Å². The average molecular weight is 312 g/mol. The van der Waals surface area contributed by atoms with E-state index in [1.165, 1.54) is 0 Å². The Morgan fingerprint density at radius 1 is 1.43 bits per heavy atom. The number of carboxylic acid groups (broad SMARTS) is 1. The van der Waals surface area contributed by atoms with Crippen LogP contribution < -0.4 is 0 Å². The number of benzene rings is 1. The van der Waals surface area contributed by atoms with Crippen LogP contribution in [-0.2, 0) is 20.3 Å². The first-order valence-electron chi connectivity index (χ1n) is 7.09. The summed E-state index contributed by atoms with van der Waals surface area (Å²) in [5, 5.41) is 7.86.